The van der Waals surface area contributed by atoms with Crippen LogP contribution in [0, 0.1) is 0 Å². The van der Waals surface area contributed by atoms with Crippen molar-refractivity contribution in [3.63, 3.8) is 0 Å². The van der Waals surface area contributed by atoms with Gasteiger partial charge in [-0.05, 0) is 63.5 Å². The third-order valence-corrected chi connectivity index (χ3v) is 6.11. The van der Waals surface area contributed by atoms with Gasteiger partial charge in [-0.3, -0.25) is 0 Å². The first-order chi connectivity index (χ1) is 13.2. The summed E-state index contributed by atoms with van der Waals surface area (Å²) in [6, 6.07) is 6.71. The minimum Gasteiger partial charge on any atom is -0.454 e. The Bertz CT molecular complexity index is 652. The molecule has 2 heterocycles. The van der Waals surface area contributed by atoms with Crippen LogP contribution < -0.4 is 14.8 Å². The summed E-state index contributed by atoms with van der Waals surface area (Å²) in [5, 5.41) is 3.32. The van der Waals surface area contributed by atoms with Crippen molar-refractivity contribution in [3.05, 3.63) is 23.8 Å². The average Bonchev–Trinajstić information content (AvgIpc) is 3.15. The lowest BCUT2D eigenvalue weighted by molar-refractivity contribution is 0.123. The Balaban J connectivity index is 1.47. The Morgan fingerprint density at radius 3 is 2.63 bits per heavy atom. The van der Waals surface area contributed by atoms with Crippen molar-refractivity contribution in [2.24, 2.45) is 0 Å². The smallest absolute Gasteiger partial charge is 0.318 e. The maximum atomic E-state index is 13.2. The number of benzene rings is 1. The number of piperidine rings is 1. The quantitative estimate of drug-likeness (QED) is 0.879. The van der Waals surface area contributed by atoms with Crippen LogP contribution in [0.15, 0.2) is 18.2 Å². The molecule has 1 aromatic carbocycles. The largest absolute Gasteiger partial charge is 0.454 e. The molecule has 0 unspecified atom stereocenters. The summed E-state index contributed by atoms with van der Waals surface area (Å²) < 4.78 is 10.9. The Morgan fingerprint density at radius 1 is 1.11 bits per heavy atom. The highest BCUT2D eigenvalue weighted by Gasteiger charge is 2.29. The molecule has 2 aliphatic heterocycles. The highest BCUT2D eigenvalue weighted by atomic mass is 16.7. The third-order valence-electron chi connectivity index (χ3n) is 6.11. The molecule has 0 bridgehead atoms. The molecule has 2 fully saturated rings. The first kappa shape index (κ1) is 18.4. The van der Waals surface area contributed by atoms with Crippen LogP contribution in [0.4, 0.5) is 4.79 Å². The van der Waals surface area contributed by atoms with Gasteiger partial charge in [-0.2, -0.15) is 0 Å². The van der Waals surface area contributed by atoms with Gasteiger partial charge in [0, 0.05) is 18.6 Å². The van der Waals surface area contributed by atoms with Gasteiger partial charge in [-0.25, -0.2) is 4.79 Å². The second kappa shape index (κ2) is 8.38. The molecular formula is C21H31N3O3. The number of hydrogen-bond donors (Lipinski definition) is 1. The number of urea groups is 1. The summed E-state index contributed by atoms with van der Waals surface area (Å²) in [4.78, 5) is 17.6. The van der Waals surface area contributed by atoms with Crippen LogP contribution in [0.1, 0.15) is 50.5 Å². The Morgan fingerprint density at radius 2 is 1.85 bits per heavy atom. The van der Waals surface area contributed by atoms with E-state index in [0.29, 0.717) is 12.6 Å². The topological polar surface area (TPSA) is 54.0 Å². The maximum absolute atomic E-state index is 13.2. The summed E-state index contributed by atoms with van der Waals surface area (Å²) >= 11 is 0. The van der Waals surface area contributed by atoms with E-state index in [4.69, 9.17) is 9.47 Å². The van der Waals surface area contributed by atoms with Gasteiger partial charge in [0.2, 0.25) is 6.79 Å². The van der Waals surface area contributed by atoms with E-state index in [-0.39, 0.29) is 18.9 Å². The van der Waals surface area contributed by atoms with E-state index in [1.165, 1.54) is 19.3 Å². The molecule has 3 aliphatic rings. The van der Waals surface area contributed by atoms with Gasteiger partial charge in [0.15, 0.2) is 11.5 Å². The molecule has 1 aliphatic carbocycles. The first-order valence-electron chi connectivity index (χ1n) is 10.3. The molecule has 0 aromatic heterocycles. The first-order valence-corrected chi connectivity index (χ1v) is 10.3. The van der Waals surface area contributed by atoms with Crippen LogP contribution >= 0.6 is 0 Å². The number of ether oxygens (including phenoxy) is 2. The number of rotatable bonds is 4. The molecule has 6 heteroatoms. The molecule has 1 aromatic rings. The van der Waals surface area contributed by atoms with Gasteiger partial charge in [-0.1, -0.05) is 25.3 Å². The second-order valence-corrected chi connectivity index (χ2v) is 8.13. The lowest BCUT2D eigenvalue weighted by atomic mass is 9.95. The summed E-state index contributed by atoms with van der Waals surface area (Å²) in [6.07, 6.45) is 8.01. The fourth-order valence-corrected chi connectivity index (χ4v) is 4.41. The SMILES string of the molecule is CN1CCC(N(Cc2ccc3c(c2)OCO3)C(=O)NC2CCCCC2)CC1. The second-order valence-electron chi connectivity index (χ2n) is 8.13. The zero-order chi connectivity index (χ0) is 18.6. The standard InChI is InChI=1S/C21H31N3O3/c1-23-11-9-18(10-12-23)24(21(25)22-17-5-3-2-4-6-17)14-16-7-8-19-20(13-16)27-15-26-19/h7-8,13,17-18H,2-6,9-12,14-15H2,1H3,(H,22,25). The normalized spacial score (nSPS) is 21.2. The molecule has 0 spiro atoms. The summed E-state index contributed by atoms with van der Waals surface area (Å²) in [5.41, 5.74) is 1.09. The zero-order valence-corrected chi connectivity index (χ0v) is 16.3. The molecule has 1 saturated carbocycles. The number of carbonyl (C=O) groups is 1. The molecule has 0 atom stereocenters. The van der Waals surface area contributed by atoms with Crippen molar-refractivity contribution in [2.75, 3.05) is 26.9 Å². The molecule has 148 valence electrons. The summed E-state index contributed by atoms with van der Waals surface area (Å²) in [5.74, 6) is 1.57. The van der Waals surface area contributed by atoms with Gasteiger partial charge in [0.25, 0.3) is 0 Å². The van der Waals surface area contributed by atoms with Crippen molar-refractivity contribution in [3.8, 4) is 11.5 Å². The summed E-state index contributed by atoms with van der Waals surface area (Å²) in [6.45, 7) is 2.97. The highest BCUT2D eigenvalue weighted by molar-refractivity contribution is 5.75. The fourth-order valence-electron chi connectivity index (χ4n) is 4.41. The van der Waals surface area contributed by atoms with Crippen molar-refractivity contribution >= 4 is 6.03 Å². The van der Waals surface area contributed by atoms with Crippen molar-refractivity contribution in [1.82, 2.24) is 15.1 Å². The predicted octanol–water partition coefficient (Wildman–Crippen LogP) is 3.35. The van der Waals surface area contributed by atoms with Gasteiger partial charge in [0.05, 0.1) is 0 Å². The van der Waals surface area contributed by atoms with E-state index in [1.54, 1.807) is 0 Å². The number of amides is 2. The number of fused-ring (bicyclic) bond motifs is 1. The molecule has 1 saturated heterocycles. The zero-order valence-electron chi connectivity index (χ0n) is 16.3. The molecule has 0 radical (unpaired) electrons. The molecule has 27 heavy (non-hydrogen) atoms. The lowest BCUT2D eigenvalue weighted by Crippen LogP contribution is -2.52. The van der Waals surface area contributed by atoms with Crippen LogP contribution in [0.3, 0.4) is 0 Å². The Labute approximate surface area is 161 Å². The van der Waals surface area contributed by atoms with Crippen molar-refractivity contribution in [1.29, 1.82) is 0 Å². The van der Waals surface area contributed by atoms with Gasteiger partial charge in [-0.15, -0.1) is 0 Å². The van der Waals surface area contributed by atoms with E-state index in [0.717, 1.165) is 55.8 Å². The van der Waals surface area contributed by atoms with Crippen molar-refractivity contribution < 1.29 is 14.3 Å². The average molecular weight is 373 g/mol. The summed E-state index contributed by atoms with van der Waals surface area (Å²) in [7, 11) is 2.15. The van der Waals surface area contributed by atoms with Gasteiger partial charge >= 0.3 is 6.03 Å². The van der Waals surface area contributed by atoms with Gasteiger partial charge in [0.1, 0.15) is 0 Å². The molecule has 6 nitrogen and oxygen atoms in total. The lowest BCUT2D eigenvalue weighted by Gasteiger charge is -2.38. The van der Waals surface area contributed by atoms with Gasteiger partial charge < -0.3 is 24.6 Å². The minimum atomic E-state index is 0.0918. The number of likely N-dealkylation sites (tertiary alicyclic amines) is 1. The Hall–Kier alpha value is -1.95. The fraction of sp³-hybridized carbons (Fsp3) is 0.667. The van der Waals surface area contributed by atoms with E-state index < -0.39 is 0 Å². The van der Waals surface area contributed by atoms with E-state index in [2.05, 4.69) is 22.2 Å². The van der Waals surface area contributed by atoms with E-state index in [9.17, 15) is 4.79 Å². The van der Waals surface area contributed by atoms with Crippen LogP contribution in [-0.2, 0) is 6.54 Å². The number of carbonyl (C=O) groups excluding carboxylic acids is 1. The number of hydrogen-bond acceptors (Lipinski definition) is 4. The van der Waals surface area contributed by atoms with Crippen LogP contribution in [0.2, 0.25) is 0 Å². The van der Waals surface area contributed by atoms with Crippen molar-refractivity contribution in [2.45, 2.75) is 63.6 Å². The number of nitrogens with zero attached hydrogens (tertiary/aromatic N) is 2. The molecule has 1 N–H and O–H groups in total. The minimum absolute atomic E-state index is 0.0918. The monoisotopic (exact) mass is 373 g/mol. The van der Waals surface area contributed by atoms with Crippen LogP contribution in [0.5, 0.6) is 11.5 Å². The molecule has 4 rings (SSSR count). The van der Waals surface area contributed by atoms with E-state index >= 15 is 0 Å². The van der Waals surface area contributed by atoms with E-state index in [1.807, 2.05) is 18.2 Å². The van der Waals surface area contributed by atoms with Crippen LogP contribution in [-0.4, -0.2) is 54.8 Å². The third kappa shape index (κ3) is 4.49. The van der Waals surface area contributed by atoms with Crippen LogP contribution in [0.25, 0.3) is 0 Å². The molecular weight excluding hydrogens is 342 g/mol. The predicted molar refractivity (Wildman–Crippen MR) is 104 cm³/mol. The highest BCUT2D eigenvalue weighted by Crippen LogP contribution is 2.33. The molecule has 2 amide bonds. The number of nitrogens with one attached hydrogen (secondary N) is 1. The maximum Gasteiger partial charge on any atom is 0.318 e. The Kier molecular flexibility index (Phi) is 5.72.